The van der Waals surface area contributed by atoms with Gasteiger partial charge in [-0.25, -0.2) is 8.42 Å². The largest absolute Gasteiger partial charge is 0.481 e. The van der Waals surface area contributed by atoms with Crippen LogP contribution in [0.3, 0.4) is 0 Å². The lowest BCUT2D eigenvalue weighted by Crippen LogP contribution is -2.37. The molecule has 10 heteroatoms. The summed E-state index contributed by atoms with van der Waals surface area (Å²) in [6.45, 7) is 0. The van der Waals surface area contributed by atoms with E-state index in [0.29, 0.717) is 10.2 Å². The monoisotopic (exact) mass is 416 g/mol. The average molecular weight is 417 g/mol. The number of aliphatic carboxylic acids is 1. The Morgan fingerprint density at radius 1 is 1.23 bits per heavy atom. The van der Waals surface area contributed by atoms with Crippen LogP contribution in [0.15, 0.2) is 29.3 Å². The molecular formula is C16H17ClN2O5S2. The Kier molecular flexibility index (Phi) is 5.59. The summed E-state index contributed by atoms with van der Waals surface area (Å²) in [5, 5.41) is 9.49. The second kappa shape index (κ2) is 7.58. The summed E-state index contributed by atoms with van der Waals surface area (Å²) in [5.74, 6) is -1.29. The standard InChI is InChI=1S/C16H17ClN2O5S2/c17-10-4-6-11(7-5-10)19-12-8-26(23,24)9-13(12)25-16(19)18-14(20)2-1-3-15(21)22/h4-7,12-13H,1-3,8-9H2,(H,21,22)/t12-,13-/m0/s1. The van der Waals surface area contributed by atoms with Crippen molar-refractivity contribution >= 4 is 55.9 Å². The number of nitrogens with zero attached hydrogens (tertiary/aromatic N) is 2. The van der Waals surface area contributed by atoms with Crippen molar-refractivity contribution in [3.8, 4) is 0 Å². The number of fused-ring (bicyclic) bond motifs is 1. The number of hydrogen-bond acceptors (Lipinski definition) is 5. The lowest BCUT2D eigenvalue weighted by atomic mass is 10.2. The predicted octanol–water partition coefficient (Wildman–Crippen LogP) is 2.20. The number of aliphatic imine (C=N–C) groups is 1. The summed E-state index contributed by atoms with van der Waals surface area (Å²) in [6, 6.07) is 6.65. The van der Waals surface area contributed by atoms with E-state index in [2.05, 4.69) is 4.99 Å². The number of benzene rings is 1. The summed E-state index contributed by atoms with van der Waals surface area (Å²) in [5.41, 5.74) is 0.726. The number of hydrogen-bond donors (Lipinski definition) is 1. The molecular weight excluding hydrogens is 400 g/mol. The fourth-order valence-corrected chi connectivity index (χ4v) is 7.08. The maximum atomic E-state index is 12.1. The molecule has 2 fully saturated rings. The van der Waals surface area contributed by atoms with Gasteiger partial charge in [-0.15, -0.1) is 0 Å². The maximum absolute atomic E-state index is 12.1. The maximum Gasteiger partial charge on any atom is 0.303 e. The quantitative estimate of drug-likeness (QED) is 0.784. The topological polar surface area (TPSA) is 104 Å². The van der Waals surface area contributed by atoms with Crippen molar-refractivity contribution in [1.29, 1.82) is 0 Å². The van der Waals surface area contributed by atoms with Crippen molar-refractivity contribution in [2.75, 3.05) is 16.4 Å². The highest BCUT2D eigenvalue weighted by Gasteiger charge is 2.49. The molecule has 2 aliphatic heterocycles. The van der Waals surface area contributed by atoms with E-state index in [4.69, 9.17) is 16.7 Å². The lowest BCUT2D eigenvalue weighted by Gasteiger charge is -2.24. The minimum Gasteiger partial charge on any atom is -0.481 e. The number of rotatable bonds is 5. The number of anilines is 1. The first kappa shape index (κ1) is 19.2. The van der Waals surface area contributed by atoms with Gasteiger partial charge in [0.1, 0.15) is 0 Å². The number of amides is 1. The molecule has 2 heterocycles. The molecule has 0 radical (unpaired) electrons. The van der Waals surface area contributed by atoms with Gasteiger partial charge in [0.05, 0.1) is 17.5 Å². The van der Waals surface area contributed by atoms with Crippen molar-refractivity contribution in [3.05, 3.63) is 29.3 Å². The first-order chi connectivity index (χ1) is 12.2. The van der Waals surface area contributed by atoms with Crippen LogP contribution in [0.4, 0.5) is 5.69 Å². The van der Waals surface area contributed by atoms with Crippen molar-refractivity contribution in [1.82, 2.24) is 0 Å². The molecule has 0 bridgehead atoms. The molecule has 3 rings (SSSR count). The second-order valence-corrected chi connectivity index (χ2v) is 9.98. The van der Waals surface area contributed by atoms with Gasteiger partial charge >= 0.3 is 5.97 Å². The van der Waals surface area contributed by atoms with Crippen molar-refractivity contribution in [2.24, 2.45) is 4.99 Å². The zero-order valence-corrected chi connectivity index (χ0v) is 16.1. The van der Waals surface area contributed by atoms with Crippen LogP contribution < -0.4 is 4.90 Å². The molecule has 7 nitrogen and oxygen atoms in total. The lowest BCUT2D eigenvalue weighted by molar-refractivity contribution is -0.137. The number of halogens is 1. The van der Waals surface area contributed by atoms with Gasteiger partial charge in [-0.05, 0) is 30.7 Å². The minimum absolute atomic E-state index is 0.0134. The Balaban J connectivity index is 1.84. The summed E-state index contributed by atoms with van der Waals surface area (Å²) < 4.78 is 24.0. The van der Waals surface area contributed by atoms with Crippen LogP contribution in [-0.4, -0.2) is 53.4 Å². The van der Waals surface area contributed by atoms with Crippen LogP contribution in [-0.2, 0) is 19.4 Å². The zero-order valence-electron chi connectivity index (χ0n) is 13.7. The zero-order chi connectivity index (χ0) is 18.9. The van der Waals surface area contributed by atoms with Gasteiger partial charge in [0.2, 0.25) is 5.91 Å². The number of carboxylic acids is 1. The van der Waals surface area contributed by atoms with E-state index in [1.54, 1.807) is 29.2 Å². The van der Waals surface area contributed by atoms with Gasteiger partial charge in [0, 0.05) is 28.8 Å². The SMILES string of the molecule is O=C(O)CCCC(=O)N=C1S[C@H]2CS(=O)(=O)C[C@@H]2N1c1ccc(Cl)cc1. The van der Waals surface area contributed by atoms with Crippen LogP contribution in [0.1, 0.15) is 19.3 Å². The Labute approximate surface area is 160 Å². The van der Waals surface area contributed by atoms with E-state index in [0.717, 1.165) is 5.69 Å². The van der Waals surface area contributed by atoms with E-state index in [9.17, 15) is 18.0 Å². The van der Waals surface area contributed by atoms with Crippen LogP contribution in [0.2, 0.25) is 5.02 Å². The van der Waals surface area contributed by atoms with E-state index in [1.807, 2.05) is 0 Å². The minimum atomic E-state index is -3.12. The van der Waals surface area contributed by atoms with Crippen molar-refractivity contribution in [3.63, 3.8) is 0 Å². The Hall–Kier alpha value is -1.58. The van der Waals surface area contributed by atoms with Crippen LogP contribution >= 0.6 is 23.4 Å². The third-order valence-corrected chi connectivity index (χ3v) is 7.63. The van der Waals surface area contributed by atoms with Crippen LogP contribution in [0, 0.1) is 0 Å². The highest BCUT2D eigenvalue weighted by atomic mass is 35.5. The Morgan fingerprint density at radius 2 is 1.92 bits per heavy atom. The average Bonchev–Trinajstić information content (AvgIpc) is 2.99. The van der Waals surface area contributed by atoms with Crippen LogP contribution in [0.5, 0.6) is 0 Å². The van der Waals surface area contributed by atoms with E-state index in [-0.39, 0.29) is 42.1 Å². The van der Waals surface area contributed by atoms with Gasteiger partial charge in [-0.2, -0.15) is 4.99 Å². The van der Waals surface area contributed by atoms with Gasteiger partial charge in [0.15, 0.2) is 15.0 Å². The first-order valence-corrected chi connectivity index (χ1v) is 11.1. The number of thioether (sulfide) groups is 1. The number of carboxylic acid groups (broad SMARTS) is 1. The molecule has 140 valence electrons. The predicted molar refractivity (Wildman–Crippen MR) is 102 cm³/mol. The molecule has 2 saturated heterocycles. The van der Waals surface area contributed by atoms with E-state index >= 15 is 0 Å². The first-order valence-electron chi connectivity index (χ1n) is 8.00. The Morgan fingerprint density at radius 3 is 2.58 bits per heavy atom. The Bertz CT molecular complexity index is 854. The number of carbonyl (C=O) groups excluding carboxylic acids is 1. The molecule has 0 spiro atoms. The van der Waals surface area contributed by atoms with E-state index in [1.165, 1.54) is 11.8 Å². The van der Waals surface area contributed by atoms with Gasteiger partial charge in [0.25, 0.3) is 0 Å². The molecule has 1 aromatic rings. The molecule has 1 amide bonds. The highest BCUT2D eigenvalue weighted by molar-refractivity contribution is 8.16. The number of sulfone groups is 1. The molecule has 0 saturated carbocycles. The van der Waals surface area contributed by atoms with Crippen LogP contribution in [0.25, 0.3) is 0 Å². The molecule has 0 aromatic heterocycles. The van der Waals surface area contributed by atoms with Crippen molar-refractivity contribution in [2.45, 2.75) is 30.6 Å². The molecule has 1 aromatic carbocycles. The van der Waals surface area contributed by atoms with Crippen molar-refractivity contribution < 1.29 is 23.1 Å². The highest BCUT2D eigenvalue weighted by Crippen LogP contribution is 2.41. The van der Waals surface area contributed by atoms with Gasteiger partial charge < -0.3 is 10.0 Å². The normalized spacial score (nSPS) is 25.4. The third-order valence-electron chi connectivity index (χ3n) is 4.17. The summed E-state index contributed by atoms with van der Waals surface area (Å²) in [6.07, 6.45) is 0.171. The van der Waals surface area contributed by atoms with Gasteiger partial charge in [-0.3, -0.25) is 9.59 Å². The number of carbonyl (C=O) groups is 2. The molecule has 1 N–H and O–H groups in total. The number of amidine groups is 1. The molecule has 26 heavy (non-hydrogen) atoms. The van der Waals surface area contributed by atoms with E-state index < -0.39 is 21.7 Å². The summed E-state index contributed by atoms with van der Waals surface area (Å²) >= 11 is 7.21. The fourth-order valence-electron chi connectivity index (χ4n) is 3.02. The molecule has 2 aliphatic rings. The summed E-state index contributed by atoms with van der Waals surface area (Å²) in [7, 11) is -3.12. The third kappa shape index (κ3) is 4.39. The molecule has 0 unspecified atom stereocenters. The molecule has 2 atom stereocenters. The van der Waals surface area contributed by atoms with Gasteiger partial charge in [-0.1, -0.05) is 23.4 Å². The second-order valence-electron chi connectivity index (χ2n) is 6.18. The molecule has 0 aliphatic carbocycles. The summed E-state index contributed by atoms with van der Waals surface area (Å²) in [4.78, 5) is 28.6. The smallest absolute Gasteiger partial charge is 0.303 e. The fraction of sp³-hybridized carbons (Fsp3) is 0.438.